The molecule has 1 saturated heterocycles. The number of nitrogens with zero attached hydrogens (tertiary/aromatic N) is 2. The summed E-state index contributed by atoms with van der Waals surface area (Å²) in [6.07, 6.45) is 3.83. The molecule has 1 N–H and O–H groups in total. The Bertz CT molecular complexity index is 731. The topological polar surface area (TPSA) is 46.6 Å². The van der Waals surface area contributed by atoms with Crippen LogP contribution in [0.4, 0.5) is 17.1 Å². The van der Waals surface area contributed by atoms with Crippen molar-refractivity contribution in [1.82, 2.24) is 4.98 Å². The van der Waals surface area contributed by atoms with E-state index in [2.05, 4.69) is 35.1 Å². The zero-order valence-corrected chi connectivity index (χ0v) is 17.0. The maximum Gasteiger partial charge on any atom is 0.129 e. The van der Waals surface area contributed by atoms with Crippen molar-refractivity contribution < 1.29 is 9.47 Å². The van der Waals surface area contributed by atoms with E-state index >= 15 is 0 Å². The largest absolute Gasteiger partial charge is 0.497 e. The number of halogens is 1. The quantitative estimate of drug-likeness (QED) is 0.665. The van der Waals surface area contributed by atoms with Crippen LogP contribution in [0.2, 0.25) is 5.15 Å². The van der Waals surface area contributed by atoms with Gasteiger partial charge in [0.05, 0.1) is 30.4 Å². The third-order valence-electron chi connectivity index (χ3n) is 4.71. The summed E-state index contributed by atoms with van der Waals surface area (Å²) in [7, 11) is 1.69. The van der Waals surface area contributed by atoms with Crippen LogP contribution in [0.3, 0.4) is 0 Å². The lowest BCUT2D eigenvalue weighted by molar-refractivity contribution is 0.0839. The Morgan fingerprint density at radius 3 is 2.67 bits per heavy atom. The molecule has 1 aromatic carbocycles. The molecule has 6 heteroatoms. The van der Waals surface area contributed by atoms with Gasteiger partial charge < -0.3 is 19.7 Å². The third-order valence-corrected chi connectivity index (χ3v) is 4.94. The molecule has 2 heterocycles. The molecule has 3 rings (SSSR count). The fourth-order valence-corrected chi connectivity index (χ4v) is 3.54. The third kappa shape index (κ3) is 5.27. The first-order valence-electron chi connectivity index (χ1n) is 9.48. The van der Waals surface area contributed by atoms with Crippen molar-refractivity contribution in [3.05, 3.63) is 41.7 Å². The van der Waals surface area contributed by atoms with Crippen molar-refractivity contribution in [3.63, 3.8) is 0 Å². The molecule has 146 valence electrons. The number of anilines is 3. The minimum absolute atomic E-state index is 0.471. The molecule has 1 fully saturated rings. The van der Waals surface area contributed by atoms with Crippen molar-refractivity contribution in [2.24, 2.45) is 5.92 Å². The summed E-state index contributed by atoms with van der Waals surface area (Å²) in [5.41, 5.74) is 3.07. The Labute approximate surface area is 166 Å². The number of benzene rings is 1. The number of pyridine rings is 1. The van der Waals surface area contributed by atoms with Gasteiger partial charge in [-0.25, -0.2) is 4.98 Å². The van der Waals surface area contributed by atoms with E-state index < -0.39 is 0 Å². The molecule has 0 spiro atoms. The zero-order chi connectivity index (χ0) is 19.2. The summed E-state index contributed by atoms with van der Waals surface area (Å²) < 4.78 is 11.0. The van der Waals surface area contributed by atoms with Crippen LogP contribution in [0.25, 0.3) is 0 Å². The molecule has 0 bridgehead atoms. The van der Waals surface area contributed by atoms with Crippen molar-refractivity contribution >= 4 is 28.7 Å². The van der Waals surface area contributed by atoms with Crippen molar-refractivity contribution in [2.75, 3.05) is 37.1 Å². The van der Waals surface area contributed by atoms with Gasteiger partial charge in [-0.1, -0.05) is 25.4 Å². The summed E-state index contributed by atoms with van der Waals surface area (Å²) in [5.74, 6) is 1.37. The Morgan fingerprint density at radius 1 is 1.26 bits per heavy atom. The van der Waals surface area contributed by atoms with E-state index in [1.54, 1.807) is 19.4 Å². The van der Waals surface area contributed by atoms with E-state index in [0.29, 0.717) is 17.1 Å². The minimum atomic E-state index is 0.471. The highest BCUT2D eigenvalue weighted by atomic mass is 35.5. The number of ether oxygens (including phenoxy) is 2. The Kier molecular flexibility index (Phi) is 6.80. The molecule has 0 saturated carbocycles. The molecule has 27 heavy (non-hydrogen) atoms. The van der Waals surface area contributed by atoms with E-state index in [1.807, 2.05) is 18.2 Å². The molecule has 1 aromatic heterocycles. The summed E-state index contributed by atoms with van der Waals surface area (Å²) in [5, 5.41) is 3.97. The molecule has 0 amide bonds. The summed E-state index contributed by atoms with van der Waals surface area (Å²) >= 11 is 5.92. The monoisotopic (exact) mass is 389 g/mol. The fraction of sp³-hybridized carbons (Fsp3) is 0.476. The first kappa shape index (κ1) is 19.8. The van der Waals surface area contributed by atoms with Gasteiger partial charge in [0.15, 0.2) is 0 Å². The van der Waals surface area contributed by atoms with Gasteiger partial charge in [-0.3, -0.25) is 0 Å². The standard InChI is InChI=1S/C21H28ClN3O2/c1-15(2)14-25(17-8-10-27-11-9-17)20-6-5-18(26-3)12-19(20)24-16-4-7-21(22)23-13-16/h4-7,12-13,15,17,24H,8-11,14H2,1-3H3. The second-order valence-electron chi connectivity index (χ2n) is 7.27. The average Bonchev–Trinajstić information content (AvgIpc) is 2.68. The molecule has 1 aliphatic rings. The Balaban J connectivity index is 1.95. The first-order valence-corrected chi connectivity index (χ1v) is 9.85. The van der Waals surface area contributed by atoms with E-state index in [-0.39, 0.29) is 0 Å². The second-order valence-corrected chi connectivity index (χ2v) is 7.65. The Morgan fingerprint density at radius 2 is 2.04 bits per heavy atom. The van der Waals surface area contributed by atoms with E-state index in [4.69, 9.17) is 21.1 Å². The van der Waals surface area contributed by atoms with Gasteiger partial charge in [0.1, 0.15) is 10.9 Å². The van der Waals surface area contributed by atoms with Gasteiger partial charge in [0.25, 0.3) is 0 Å². The minimum Gasteiger partial charge on any atom is -0.497 e. The smallest absolute Gasteiger partial charge is 0.129 e. The zero-order valence-electron chi connectivity index (χ0n) is 16.2. The lowest BCUT2D eigenvalue weighted by atomic mass is 10.0. The van der Waals surface area contributed by atoms with E-state index in [9.17, 15) is 0 Å². The highest BCUT2D eigenvalue weighted by Crippen LogP contribution is 2.35. The van der Waals surface area contributed by atoms with Gasteiger partial charge in [0.2, 0.25) is 0 Å². The molecule has 0 atom stereocenters. The average molecular weight is 390 g/mol. The van der Waals surface area contributed by atoms with Gasteiger partial charge >= 0.3 is 0 Å². The van der Waals surface area contributed by atoms with Crippen LogP contribution in [0, 0.1) is 5.92 Å². The van der Waals surface area contributed by atoms with Crippen molar-refractivity contribution in [3.8, 4) is 5.75 Å². The molecule has 0 unspecified atom stereocenters. The highest BCUT2D eigenvalue weighted by molar-refractivity contribution is 6.29. The second kappa shape index (κ2) is 9.29. The number of hydrogen-bond donors (Lipinski definition) is 1. The molecule has 1 aliphatic heterocycles. The maximum atomic E-state index is 5.92. The maximum absolute atomic E-state index is 5.92. The van der Waals surface area contributed by atoms with E-state index in [0.717, 1.165) is 49.7 Å². The van der Waals surface area contributed by atoms with Gasteiger partial charge in [-0.15, -0.1) is 0 Å². The molecule has 5 nitrogen and oxygen atoms in total. The Hall–Kier alpha value is -1.98. The summed E-state index contributed by atoms with van der Waals surface area (Å²) in [6, 6.07) is 10.4. The predicted octanol–water partition coefficient (Wildman–Crippen LogP) is 5.13. The SMILES string of the molecule is COc1ccc(N(CC(C)C)C2CCOCC2)c(Nc2ccc(Cl)nc2)c1. The van der Waals surface area contributed by atoms with Gasteiger partial charge in [-0.05, 0) is 43.0 Å². The number of hydrogen-bond acceptors (Lipinski definition) is 5. The summed E-state index contributed by atoms with van der Waals surface area (Å²) in [4.78, 5) is 6.68. The summed E-state index contributed by atoms with van der Waals surface area (Å²) in [6.45, 7) is 7.14. The van der Waals surface area contributed by atoms with Gasteiger partial charge in [0, 0.05) is 31.9 Å². The number of aromatic nitrogens is 1. The number of methoxy groups -OCH3 is 1. The lowest BCUT2D eigenvalue weighted by Gasteiger charge is -2.38. The highest BCUT2D eigenvalue weighted by Gasteiger charge is 2.24. The molecular formula is C21H28ClN3O2. The molecule has 0 aliphatic carbocycles. The number of nitrogens with one attached hydrogen (secondary N) is 1. The molecule has 0 radical (unpaired) electrons. The molecule has 2 aromatic rings. The van der Waals surface area contributed by atoms with Crippen LogP contribution < -0.4 is 15.0 Å². The van der Waals surface area contributed by atoms with Crippen LogP contribution in [0.1, 0.15) is 26.7 Å². The van der Waals surface area contributed by atoms with Crippen LogP contribution >= 0.6 is 11.6 Å². The van der Waals surface area contributed by atoms with Gasteiger partial charge in [-0.2, -0.15) is 0 Å². The van der Waals surface area contributed by atoms with Crippen molar-refractivity contribution in [1.29, 1.82) is 0 Å². The van der Waals surface area contributed by atoms with E-state index in [1.165, 1.54) is 5.69 Å². The van der Waals surface area contributed by atoms with Crippen LogP contribution in [-0.4, -0.2) is 37.9 Å². The van der Waals surface area contributed by atoms with Crippen LogP contribution in [-0.2, 0) is 4.74 Å². The van der Waals surface area contributed by atoms with Crippen LogP contribution in [0.5, 0.6) is 5.75 Å². The number of rotatable bonds is 7. The van der Waals surface area contributed by atoms with Crippen LogP contribution in [0.15, 0.2) is 36.5 Å². The lowest BCUT2D eigenvalue weighted by Crippen LogP contribution is -2.42. The van der Waals surface area contributed by atoms with Crippen molar-refractivity contribution in [2.45, 2.75) is 32.7 Å². The predicted molar refractivity (Wildman–Crippen MR) is 112 cm³/mol. The first-order chi connectivity index (χ1) is 13.1. The normalized spacial score (nSPS) is 15.0. The fourth-order valence-electron chi connectivity index (χ4n) is 3.43. The molecular weight excluding hydrogens is 362 g/mol.